The molecule has 1 amide bonds. The van der Waals surface area contributed by atoms with Gasteiger partial charge in [-0.15, -0.1) is 0 Å². The van der Waals surface area contributed by atoms with Gasteiger partial charge in [0.05, 0.1) is 25.4 Å². The number of hydrogen-bond acceptors (Lipinski definition) is 4. The van der Waals surface area contributed by atoms with Gasteiger partial charge >= 0.3 is 0 Å². The second-order valence-electron chi connectivity index (χ2n) is 6.32. The Balaban J connectivity index is 1.51. The van der Waals surface area contributed by atoms with Crippen molar-refractivity contribution in [2.45, 2.75) is 63.6 Å². The third-order valence-corrected chi connectivity index (χ3v) is 4.44. The van der Waals surface area contributed by atoms with Gasteiger partial charge in [-0.1, -0.05) is 19.3 Å². The van der Waals surface area contributed by atoms with E-state index in [1.807, 2.05) is 4.90 Å². The first-order chi connectivity index (χ1) is 10.3. The molecule has 0 radical (unpaired) electrons. The zero-order valence-electron chi connectivity index (χ0n) is 13.1. The molecule has 0 aromatic carbocycles. The zero-order valence-corrected chi connectivity index (χ0v) is 13.1. The topological polar surface area (TPSA) is 61.8 Å². The van der Waals surface area contributed by atoms with Gasteiger partial charge in [-0.05, 0) is 32.1 Å². The van der Waals surface area contributed by atoms with Crippen LogP contribution in [0.3, 0.4) is 0 Å². The van der Waals surface area contributed by atoms with Crippen LogP contribution in [0.4, 0.5) is 0 Å². The molecule has 1 unspecified atom stereocenters. The Bertz CT molecular complexity index is 300. The molecule has 0 spiro atoms. The Labute approximate surface area is 128 Å². The summed E-state index contributed by atoms with van der Waals surface area (Å²) in [6, 6.07) is 0. The highest BCUT2D eigenvalue weighted by molar-refractivity contribution is 5.78. The number of likely N-dealkylation sites (tertiary alicyclic amines) is 1. The maximum atomic E-state index is 11.9. The molecule has 0 aromatic heterocycles. The molecule has 1 heterocycles. The molecule has 5 heteroatoms. The summed E-state index contributed by atoms with van der Waals surface area (Å²) in [5, 5.41) is 12.9. The molecule has 2 N–H and O–H groups in total. The molecule has 0 bridgehead atoms. The van der Waals surface area contributed by atoms with E-state index in [0.717, 1.165) is 38.8 Å². The summed E-state index contributed by atoms with van der Waals surface area (Å²) < 4.78 is 5.73. The van der Waals surface area contributed by atoms with Crippen LogP contribution in [-0.4, -0.2) is 60.9 Å². The van der Waals surface area contributed by atoms with Crippen LogP contribution in [-0.2, 0) is 9.53 Å². The summed E-state index contributed by atoms with van der Waals surface area (Å²) in [6.45, 7) is 2.88. The van der Waals surface area contributed by atoms with E-state index in [1.165, 1.54) is 25.7 Å². The number of carbonyl (C=O) groups excluding carboxylic acids is 1. The lowest BCUT2D eigenvalue weighted by atomic mass is 9.98. The molecule has 1 atom stereocenters. The zero-order chi connectivity index (χ0) is 14.9. The number of rotatable bonds is 7. The van der Waals surface area contributed by atoms with Crippen LogP contribution in [0.15, 0.2) is 0 Å². The standard InChI is InChI=1S/C16H30N2O3/c19-14(13-21-15-7-3-1-4-8-15)11-17-12-16(20)18-9-5-2-6-10-18/h14-15,17,19H,1-13H2. The fourth-order valence-corrected chi connectivity index (χ4v) is 3.14. The quantitative estimate of drug-likeness (QED) is 0.744. The van der Waals surface area contributed by atoms with Gasteiger partial charge in [0, 0.05) is 19.6 Å². The Morgan fingerprint density at radius 2 is 1.81 bits per heavy atom. The molecule has 2 aliphatic rings. The van der Waals surface area contributed by atoms with Crippen LogP contribution in [0.1, 0.15) is 51.4 Å². The van der Waals surface area contributed by atoms with E-state index in [4.69, 9.17) is 4.74 Å². The van der Waals surface area contributed by atoms with E-state index >= 15 is 0 Å². The van der Waals surface area contributed by atoms with Gasteiger partial charge in [-0.2, -0.15) is 0 Å². The minimum Gasteiger partial charge on any atom is -0.389 e. The highest BCUT2D eigenvalue weighted by Gasteiger charge is 2.17. The predicted molar refractivity (Wildman–Crippen MR) is 82.1 cm³/mol. The summed E-state index contributed by atoms with van der Waals surface area (Å²) >= 11 is 0. The second-order valence-corrected chi connectivity index (χ2v) is 6.32. The van der Waals surface area contributed by atoms with E-state index in [9.17, 15) is 9.90 Å². The molecule has 1 aliphatic carbocycles. The largest absolute Gasteiger partial charge is 0.389 e. The number of hydrogen-bond donors (Lipinski definition) is 2. The van der Waals surface area contributed by atoms with Crippen molar-refractivity contribution in [1.82, 2.24) is 10.2 Å². The Morgan fingerprint density at radius 3 is 2.52 bits per heavy atom. The van der Waals surface area contributed by atoms with Crippen molar-refractivity contribution in [1.29, 1.82) is 0 Å². The number of amides is 1. The van der Waals surface area contributed by atoms with Crippen molar-refractivity contribution < 1.29 is 14.6 Å². The summed E-state index contributed by atoms with van der Waals surface area (Å²) in [7, 11) is 0. The van der Waals surface area contributed by atoms with E-state index in [0.29, 0.717) is 25.8 Å². The number of ether oxygens (including phenoxy) is 1. The fraction of sp³-hybridized carbons (Fsp3) is 0.938. The SMILES string of the molecule is O=C(CNCC(O)COC1CCCCC1)N1CCCCC1. The normalized spacial score (nSPS) is 22.2. The monoisotopic (exact) mass is 298 g/mol. The predicted octanol–water partition coefficient (Wildman–Crippen LogP) is 1.30. The average Bonchev–Trinajstić information content (AvgIpc) is 2.54. The highest BCUT2D eigenvalue weighted by atomic mass is 16.5. The lowest BCUT2D eigenvalue weighted by Gasteiger charge is -2.27. The first kappa shape index (κ1) is 16.7. The lowest BCUT2D eigenvalue weighted by molar-refractivity contribution is -0.131. The van der Waals surface area contributed by atoms with Crippen molar-refractivity contribution in [3.63, 3.8) is 0 Å². The number of nitrogens with one attached hydrogen (secondary N) is 1. The number of aliphatic hydroxyl groups is 1. The maximum absolute atomic E-state index is 11.9. The Morgan fingerprint density at radius 1 is 1.14 bits per heavy atom. The van der Waals surface area contributed by atoms with Gasteiger partial charge in [0.1, 0.15) is 0 Å². The number of aliphatic hydroxyl groups excluding tert-OH is 1. The van der Waals surface area contributed by atoms with Crippen molar-refractivity contribution in [3.8, 4) is 0 Å². The molecule has 2 fully saturated rings. The maximum Gasteiger partial charge on any atom is 0.236 e. The minimum atomic E-state index is -0.527. The van der Waals surface area contributed by atoms with E-state index in [2.05, 4.69) is 5.32 Å². The van der Waals surface area contributed by atoms with Crippen LogP contribution < -0.4 is 5.32 Å². The molecule has 1 saturated carbocycles. The molecule has 1 saturated heterocycles. The Hall–Kier alpha value is -0.650. The van der Waals surface area contributed by atoms with Crippen LogP contribution >= 0.6 is 0 Å². The van der Waals surface area contributed by atoms with E-state index < -0.39 is 6.10 Å². The van der Waals surface area contributed by atoms with Crippen molar-refractivity contribution in [2.75, 3.05) is 32.8 Å². The summed E-state index contributed by atoms with van der Waals surface area (Å²) in [4.78, 5) is 13.9. The van der Waals surface area contributed by atoms with E-state index in [-0.39, 0.29) is 5.91 Å². The van der Waals surface area contributed by atoms with Gasteiger partial charge in [0.15, 0.2) is 0 Å². The fourth-order valence-electron chi connectivity index (χ4n) is 3.14. The minimum absolute atomic E-state index is 0.148. The van der Waals surface area contributed by atoms with E-state index in [1.54, 1.807) is 0 Å². The summed E-state index contributed by atoms with van der Waals surface area (Å²) in [5.41, 5.74) is 0. The third kappa shape index (κ3) is 6.32. The molecular formula is C16H30N2O3. The number of carbonyl (C=O) groups is 1. The van der Waals surface area contributed by atoms with Crippen molar-refractivity contribution in [2.24, 2.45) is 0 Å². The van der Waals surface area contributed by atoms with Crippen molar-refractivity contribution >= 4 is 5.91 Å². The van der Waals surface area contributed by atoms with Crippen LogP contribution in [0, 0.1) is 0 Å². The van der Waals surface area contributed by atoms with Crippen LogP contribution in [0.25, 0.3) is 0 Å². The third-order valence-electron chi connectivity index (χ3n) is 4.44. The highest BCUT2D eigenvalue weighted by Crippen LogP contribution is 2.20. The molecule has 122 valence electrons. The van der Waals surface area contributed by atoms with Gasteiger partial charge in [-0.3, -0.25) is 4.79 Å². The van der Waals surface area contributed by atoms with Gasteiger partial charge in [0.25, 0.3) is 0 Å². The second kappa shape index (κ2) is 9.38. The molecule has 5 nitrogen and oxygen atoms in total. The molecule has 0 aromatic rings. The molecular weight excluding hydrogens is 268 g/mol. The van der Waals surface area contributed by atoms with Crippen molar-refractivity contribution in [3.05, 3.63) is 0 Å². The molecule has 21 heavy (non-hydrogen) atoms. The Kier molecular flexibility index (Phi) is 7.47. The average molecular weight is 298 g/mol. The lowest BCUT2D eigenvalue weighted by Crippen LogP contribution is -2.43. The smallest absolute Gasteiger partial charge is 0.236 e. The van der Waals surface area contributed by atoms with Crippen LogP contribution in [0.5, 0.6) is 0 Å². The summed E-state index contributed by atoms with van der Waals surface area (Å²) in [5.74, 6) is 0.148. The molecule has 1 aliphatic heterocycles. The van der Waals surface area contributed by atoms with Crippen LogP contribution in [0.2, 0.25) is 0 Å². The van der Waals surface area contributed by atoms with Gasteiger partial charge in [-0.25, -0.2) is 0 Å². The molecule has 2 rings (SSSR count). The number of piperidine rings is 1. The van der Waals surface area contributed by atoms with Gasteiger partial charge < -0.3 is 20.1 Å². The summed E-state index contributed by atoms with van der Waals surface area (Å²) in [6.07, 6.45) is 9.28. The van der Waals surface area contributed by atoms with Gasteiger partial charge in [0.2, 0.25) is 5.91 Å². The number of nitrogens with zero attached hydrogens (tertiary/aromatic N) is 1. The first-order valence-electron chi connectivity index (χ1n) is 8.54. The first-order valence-corrected chi connectivity index (χ1v) is 8.54.